The van der Waals surface area contributed by atoms with Gasteiger partial charge in [-0.2, -0.15) is 0 Å². The molecule has 2 rings (SSSR count). The van der Waals surface area contributed by atoms with Crippen molar-refractivity contribution in [3.8, 4) is 0 Å². The van der Waals surface area contributed by atoms with Gasteiger partial charge in [-0.1, -0.05) is 41.9 Å². The van der Waals surface area contributed by atoms with Crippen molar-refractivity contribution in [2.24, 2.45) is 0 Å². The second kappa shape index (κ2) is 9.03. The van der Waals surface area contributed by atoms with Crippen molar-refractivity contribution in [2.45, 2.75) is 12.8 Å². The standard InChI is InChI=1S/C18H18ClFN2O2/c19-15-6-3-4-13(12-15)8-10-21-17(23)18(24)22-11-9-14-5-1-2-7-16(14)20/h1-7,12H,8-11H2,(H,21,23)(H,22,24). The van der Waals surface area contributed by atoms with Gasteiger partial charge in [-0.3, -0.25) is 9.59 Å². The molecule has 126 valence electrons. The summed E-state index contributed by atoms with van der Waals surface area (Å²) >= 11 is 5.88. The van der Waals surface area contributed by atoms with E-state index in [2.05, 4.69) is 10.6 Å². The van der Waals surface area contributed by atoms with E-state index in [0.29, 0.717) is 30.0 Å². The second-order valence-corrected chi connectivity index (χ2v) is 5.67. The van der Waals surface area contributed by atoms with Gasteiger partial charge in [0.2, 0.25) is 0 Å². The van der Waals surface area contributed by atoms with Gasteiger partial charge in [0.05, 0.1) is 0 Å². The Morgan fingerprint density at radius 2 is 1.58 bits per heavy atom. The van der Waals surface area contributed by atoms with Crippen molar-refractivity contribution in [1.29, 1.82) is 0 Å². The first-order chi connectivity index (χ1) is 11.6. The minimum atomic E-state index is -0.725. The van der Waals surface area contributed by atoms with E-state index in [1.54, 1.807) is 24.3 Å². The van der Waals surface area contributed by atoms with Crippen LogP contribution in [0.5, 0.6) is 0 Å². The molecule has 0 aromatic heterocycles. The first-order valence-electron chi connectivity index (χ1n) is 7.60. The maximum Gasteiger partial charge on any atom is 0.309 e. The van der Waals surface area contributed by atoms with E-state index in [0.717, 1.165) is 5.56 Å². The summed E-state index contributed by atoms with van der Waals surface area (Å²) in [6.07, 6.45) is 0.906. The number of benzene rings is 2. The quantitative estimate of drug-likeness (QED) is 0.788. The summed E-state index contributed by atoms with van der Waals surface area (Å²) in [7, 11) is 0. The summed E-state index contributed by atoms with van der Waals surface area (Å²) in [5.41, 5.74) is 1.47. The number of amides is 2. The summed E-state index contributed by atoms with van der Waals surface area (Å²) in [4.78, 5) is 23.4. The fourth-order valence-electron chi connectivity index (χ4n) is 2.19. The SMILES string of the molecule is O=C(NCCc1cccc(Cl)c1)C(=O)NCCc1ccccc1F. The highest BCUT2D eigenvalue weighted by Crippen LogP contribution is 2.10. The molecule has 0 unspecified atom stereocenters. The average molecular weight is 349 g/mol. The normalized spacial score (nSPS) is 10.2. The molecule has 2 aromatic rings. The van der Waals surface area contributed by atoms with Crippen molar-refractivity contribution in [2.75, 3.05) is 13.1 Å². The highest BCUT2D eigenvalue weighted by Gasteiger charge is 2.12. The van der Waals surface area contributed by atoms with E-state index in [9.17, 15) is 14.0 Å². The van der Waals surface area contributed by atoms with Gasteiger partial charge in [0, 0.05) is 18.1 Å². The molecule has 0 atom stereocenters. The number of nitrogens with one attached hydrogen (secondary N) is 2. The molecule has 6 heteroatoms. The van der Waals surface area contributed by atoms with Gasteiger partial charge in [0.15, 0.2) is 0 Å². The van der Waals surface area contributed by atoms with Crippen LogP contribution in [0.2, 0.25) is 5.02 Å². The van der Waals surface area contributed by atoms with E-state index in [-0.39, 0.29) is 12.4 Å². The van der Waals surface area contributed by atoms with Crippen LogP contribution in [0.4, 0.5) is 4.39 Å². The van der Waals surface area contributed by atoms with Crippen LogP contribution in [0.3, 0.4) is 0 Å². The maximum absolute atomic E-state index is 13.4. The molecule has 0 aliphatic carbocycles. The predicted octanol–water partition coefficient (Wildman–Crippen LogP) is 2.50. The molecule has 0 aliphatic rings. The Labute approximate surface area is 145 Å². The summed E-state index contributed by atoms with van der Waals surface area (Å²) in [6, 6.07) is 13.6. The smallest absolute Gasteiger partial charge is 0.309 e. The van der Waals surface area contributed by atoms with Crippen molar-refractivity contribution < 1.29 is 14.0 Å². The van der Waals surface area contributed by atoms with Gasteiger partial charge in [-0.05, 0) is 42.2 Å². The molecule has 24 heavy (non-hydrogen) atoms. The Hall–Kier alpha value is -2.40. The lowest BCUT2D eigenvalue weighted by Gasteiger charge is -2.07. The molecule has 4 nitrogen and oxygen atoms in total. The monoisotopic (exact) mass is 348 g/mol. The highest BCUT2D eigenvalue weighted by molar-refractivity contribution is 6.35. The van der Waals surface area contributed by atoms with Crippen LogP contribution in [0.15, 0.2) is 48.5 Å². The second-order valence-electron chi connectivity index (χ2n) is 5.23. The molecular formula is C18H18ClFN2O2. The van der Waals surface area contributed by atoms with E-state index in [1.807, 2.05) is 18.2 Å². The molecule has 0 heterocycles. The van der Waals surface area contributed by atoms with Crippen LogP contribution in [-0.4, -0.2) is 24.9 Å². The summed E-state index contributed by atoms with van der Waals surface area (Å²) in [6.45, 7) is 0.529. The van der Waals surface area contributed by atoms with Crippen LogP contribution in [-0.2, 0) is 22.4 Å². The van der Waals surface area contributed by atoms with Gasteiger partial charge < -0.3 is 10.6 Å². The molecule has 0 saturated carbocycles. The first kappa shape index (κ1) is 17.9. The highest BCUT2D eigenvalue weighted by atomic mass is 35.5. The summed E-state index contributed by atoms with van der Waals surface area (Å²) in [5.74, 6) is -1.75. The van der Waals surface area contributed by atoms with Crippen molar-refractivity contribution in [1.82, 2.24) is 10.6 Å². The van der Waals surface area contributed by atoms with Crippen molar-refractivity contribution >= 4 is 23.4 Å². The van der Waals surface area contributed by atoms with Crippen LogP contribution >= 0.6 is 11.6 Å². The van der Waals surface area contributed by atoms with Crippen molar-refractivity contribution in [3.63, 3.8) is 0 Å². The Morgan fingerprint density at radius 1 is 0.917 bits per heavy atom. The summed E-state index contributed by atoms with van der Waals surface area (Å²) < 4.78 is 13.4. The number of halogens is 2. The lowest BCUT2D eigenvalue weighted by molar-refractivity contribution is -0.139. The lowest BCUT2D eigenvalue weighted by atomic mass is 10.1. The number of carbonyl (C=O) groups is 2. The van der Waals surface area contributed by atoms with E-state index < -0.39 is 11.8 Å². The lowest BCUT2D eigenvalue weighted by Crippen LogP contribution is -2.41. The third-order valence-corrected chi connectivity index (χ3v) is 3.67. The largest absolute Gasteiger partial charge is 0.348 e. The third-order valence-electron chi connectivity index (χ3n) is 3.43. The molecule has 2 N–H and O–H groups in total. The molecule has 0 radical (unpaired) electrons. The van der Waals surface area contributed by atoms with Crippen LogP contribution in [0.1, 0.15) is 11.1 Å². The maximum atomic E-state index is 13.4. The molecule has 2 aromatic carbocycles. The van der Waals surface area contributed by atoms with Gasteiger partial charge in [0.1, 0.15) is 5.82 Å². The minimum absolute atomic E-state index is 0.196. The van der Waals surface area contributed by atoms with Crippen molar-refractivity contribution in [3.05, 3.63) is 70.5 Å². The molecule has 0 saturated heterocycles. The number of hydrogen-bond donors (Lipinski definition) is 2. The Morgan fingerprint density at radius 3 is 2.25 bits per heavy atom. The molecule has 0 fully saturated rings. The van der Waals surface area contributed by atoms with Gasteiger partial charge in [0.25, 0.3) is 0 Å². The van der Waals surface area contributed by atoms with Crippen LogP contribution < -0.4 is 10.6 Å². The minimum Gasteiger partial charge on any atom is -0.348 e. The molecule has 0 spiro atoms. The Bertz CT molecular complexity index is 722. The van der Waals surface area contributed by atoms with E-state index in [4.69, 9.17) is 11.6 Å². The Balaban J connectivity index is 1.68. The zero-order valence-electron chi connectivity index (χ0n) is 13.0. The Kier molecular flexibility index (Phi) is 6.75. The van der Waals surface area contributed by atoms with E-state index >= 15 is 0 Å². The van der Waals surface area contributed by atoms with E-state index in [1.165, 1.54) is 6.07 Å². The molecule has 0 bridgehead atoms. The molecular weight excluding hydrogens is 331 g/mol. The molecule has 0 aliphatic heterocycles. The average Bonchev–Trinajstić information content (AvgIpc) is 2.56. The fraction of sp³-hybridized carbons (Fsp3) is 0.222. The van der Waals surface area contributed by atoms with Crippen LogP contribution in [0.25, 0.3) is 0 Å². The topological polar surface area (TPSA) is 58.2 Å². The predicted molar refractivity (Wildman–Crippen MR) is 91.3 cm³/mol. The summed E-state index contributed by atoms with van der Waals surface area (Å²) in [5, 5.41) is 5.65. The van der Waals surface area contributed by atoms with Crippen LogP contribution in [0, 0.1) is 5.82 Å². The zero-order valence-corrected chi connectivity index (χ0v) is 13.8. The fourth-order valence-corrected chi connectivity index (χ4v) is 2.40. The zero-order chi connectivity index (χ0) is 17.4. The number of carbonyl (C=O) groups excluding carboxylic acids is 2. The third kappa shape index (κ3) is 5.66. The van der Waals surface area contributed by atoms with Gasteiger partial charge in [-0.15, -0.1) is 0 Å². The number of rotatable bonds is 6. The first-order valence-corrected chi connectivity index (χ1v) is 7.98. The van der Waals surface area contributed by atoms with Gasteiger partial charge >= 0.3 is 11.8 Å². The van der Waals surface area contributed by atoms with Gasteiger partial charge in [-0.25, -0.2) is 4.39 Å². The molecule has 2 amide bonds. The number of hydrogen-bond acceptors (Lipinski definition) is 2.